The summed E-state index contributed by atoms with van der Waals surface area (Å²) in [6, 6.07) is 7.98. The van der Waals surface area contributed by atoms with Gasteiger partial charge in [0.25, 0.3) is 5.56 Å². The van der Waals surface area contributed by atoms with Crippen molar-refractivity contribution in [2.24, 2.45) is 11.8 Å². The molecule has 2 N–H and O–H groups in total. The van der Waals surface area contributed by atoms with E-state index in [4.69, 9.17) is 9.47 Å². The minimum atomic E-state index is -0.685. The molecule has 0 radical (unpaired) electrons. The Morgan fingerprint density at radius 2 is 2.00 bits per heavy atom. The van der Waals surface area contributed by atoms with E-state index in [1.54, 1.807) is 40.7 Å². The quantitative estimate of drug-likeness (QED) is 0.654. The average Bonchev–Trinajstić information content (AvgIpc) is 3.43. The van der Waals surface area contributed by atoms with Crippen LogP contribution in [0.4, 0.5) is 0 Å². The second-order valence-corrected chi connectivity index (χ2v) is 9.07. The number of nitrogens with zero attached hydrogens (tertiary/aromatic N) is 2. The predicted octanol–water partition coefficient (Wildman–Crippen LogP) is 1.83. The van der Waals surface area contributed by atoms with Gasteiger partial charge in [0.05, 0.1) is 18.0 Å². The van der Waals surface area contributed by atoms with Gasteiger partial charge in [-0.2, -0.15) is 0 Å². The summed E-state index contributed by atoms with van der Waals surface area (Å²) in [5, 5.41) is 13.3. The van der Waals surface area contributed by atoms with Crippen molar-refractivity contribution in [2.75, 3.05) is 13.4 Å². The zero-order chi connectivity index (χ0) is 24.7. The highest BCUT2D eigenvalue weighted by molar-refractivity contribution is 5.84. The highest BCUT2D eigenvalue weighted by atomic mass is 16.7. The third-order valence-corrected chi connectivity index (χ3v) is 7.22. The van der Waals surface area contributed by atoms with E-state index in [2.05, 4.69) is 5.32 Å². The summed E-state index contributed by atoms with van der Waals surface area (Å²) < 4.78 is 12.4. The number of amides is 2. The summed E-state index contributed by atoms with van der Waals surface area (Å²) in [7, 11) is 0. The largest absolute Gasteiger partial charge is 0.454 e. The molecule has 35 heavy (non-hydrogen) atoms. The second kappa shape index (κ2) is 9.22. The summed E-state index contributed by atoms with van der Waals surface area (Å²) in [6.07, 6.45) is 3.83. The van der Waals surface area contributed by atoms with E-state index < -0.39 is 23.9 Å². The van der Waals surface area contributed by atoms with Gasteiger partial charge in [0.2, 0.25) is 18.6 Å². The second-order valence-electron chi connectivity index (χ2n) is 9.07. The first kappa shape index (κ1) is 23.2. The number of benzene rings is 1. The van der Waals surface area contributed by atoms with E-state index in [9.17, 15) is 19.5 Å². The van der Waals surface area contributed by atoms with Crippen LogP contribution >= 0.6 is 0 Å². The first-order chi connectivity index (χ1) is 17.0. The molecule has 0 unspecified atom stereocenters. The van der Waals surface area contributed by atoms with E-state index >= 15 is 0 Å². The number of aliphatic hydroxyl groups excluding tert-OH is 1. The van der Waals surface area contributed by atoms with Crippen molar-refractivity contribution in [3.63, 3.8) is 0 Å². The number of ether oxygens (including phenoxy) is 2. The standard InChI is InChI=1S/C26H29N3O6/c1-3-5-16-7-8-18-24-23(25(32)27-11-15-6-9-20-21(10-15)35-14-34-20)17(13-30)19(12-28(18)26(16)33)29(24)22(31)4-2/h3,5-10,17,19,23-24,30H,4,11-14H2,1-2H3,(H,27,32)/b5-3-/t17-,19-,23+,24+/m0/s1. The molecule has 2 bridgehead atoms. The SMILES string of the molecule is C/C=C\c1ccc2n(c1=O)C[C@H]1[C@H](CO)[C@@H](C(=O)NCc3ccc4c(c3)OCO4)[C@@H]2N1C(=O)CC. The predicted molar refractivity (Wildman–Crippen MR) is 128 cm³/mol. The maximum Gasteiger partial charge on any atom is 0.258 e. The average molecular weight is 480 g/mol. The number of carbonyl (C=O) groups is 2. The molecular formula is C26H29N3O6. The molecule has 0 saturated carbocycles. The Morgan fingerprint density at radius 1 is 1.20 bits per heavy atom. The van der Waals surface area contributed by atoms with Crippen LogP contribution in [-0.2, 0) is 22.7 Å². The fourth-order valence-corrected chi connectivity index (χ4v) is 5.61. The molecular weight excluding hydrogens is 450 g/mol. The molecule has 9 nitrogen and oxygen atoms in total. The van der Waals surface area contributed by atoms with Gasteiger partial charge < -0.3 is 29.4 Å². The summed E-state index contributed by atoms with van der Waals surface area (Å²) in [5.41, 5.74) is 1.87. The Bertz CT molecular complexity index is 1250. The van der Waals surface area contributed by atoms with Gasteiger partial charge in [-0.25, -0.2) is 0 Å². The lowest BCUT2D eigenvalue weighted by Gasteiger charge is -2.38. The summed E-state index contributed by atoms with van der Waals surface area (Å²) in [5.74, 6) is -0.237. The van der Waals surface area contributed by atoms with Crippen molar-refractivity contribution in [3.05, 3.63) is 63.6 Å². The van der Waals surface area contributed by atoms with Crippen LogP contribution in [0.1, 0.15) is 43.1 Å². The van der Waals surface area contributed by atoms with Gasteiger partial charge >= 0.3 is 0 Å². The van der Waals surface area contributed by atoms with Crippen LogP contribution in [0.5, 0.6) is 11.5 Å². The van der Waals surface area contributed by atoms with Crippen molar-refractivity contribution >= 4 is 17.9 Å². The monoisotopic (exact) mass is 479 g/mol. The number of hydrogen-bond acceptors (Lipinski definition) is 6. The number of aliphatic hydroxyl groups is 1. The lowest BCUT2D eigenvalue weighted by Crippen LogP contribution is -2.49. The van der Waals surface area contributed by atoms with Crippen LogP contribution in [0.25, 0.3) is 6.08 Å². The highest BCUT2D eigenvalue weighted by Gasteiger charge is 2.57. The van der Waals surface area contributed by atoms with E-state index in [1.807, 2.05) is 25.1 Å². The van der Waals surface area contributed by atoms with Crippen LogP contribution in [0.15, 0.2) is 41.2 Å². The molecule has 1 saturated heterocycles. The van der Waals surface area contributed by atoms with Crippen molar-refractivity contribution < 1.29 is 24.2 Å². The Kier molecular flexibility index (Phi) is 6.10. The fraction of sp³-hybridized carbons (Fsp3) is 0.423. The third kappa shape index (κ3) is 3.80. The van der Waals surface area contributed by atoms with E-state index in [-0.39, 0.29) is 50.3 Å². The maximum absolute atomic E-state index is 13.6. The molecule has 0 aliphatic carbocycles. The summed E-state index contributed by atoms with van der Waals surface area (Å²) in [4.78, 5) is 41.5. The highest BCUT2D eigenvalue weighted by Crippen LogP contribution is 2.48. The smallest absolute Gasteiger partial charge is 0.258 e. The molecule has 2 amide bonds. The van der Waals surface area contributed by atoms with E-state index in [0.29, 0.717) is 22.8 Å². The molecule has 184 valence electrons. The van der Waals surface area contributed by atoms with Crippen molar-refractivity contribution in [3.8, 4) is 11.5 Å². The van der Waals surface area contributed by atoms with Gasteiger partial charge in [0.1, 0.15) is 0 Å². The van der Waals surface area contributed by atoms with Crippen LogP contribution in [0.3, 0.4) is 0 Å². The zero-order valence-corrected chi connectivity index (χ0v) is 19.8. The van der Waals surface area contributed by atoms with Crippen LogP contribution in [0, 0.1) is 11.8 Å². The van der Waals surface area contributed by atoms with Crippen molar-refractivity contribution in [1.29, 1.82) is 0 Å². The Morgan fingerprint density at radius 3 is 2.74 bits per heavy atom. The van der Waals surface area contributed by atoms with Gasteiger partial charge in [-0.05, 0) is 36.8 Å². The topological polar surface area (TPSA) is 110 Å². The van der Waals surface area contributed by atoms with Gasteiger partial charge in [0, 0.05) is 43.3 Å². The van der Waals surface area contributed by atoms with Gasteiger partial charge in [0.15, 0.2) is 11.5 Å². The number of nitrogens with one attached hydrogen (secondary N) is 1. The molecule has 3 aliphatic heterocycles. The molecule has 2 aromatic rings. The Balaban J connectivity index is 1.48. The van der Waals surface area contributed by atoms with Gasteiger partial charge in [-0.15, -0.1) is 0 Å². The minimum absolute atomic E-state index is 0.0965. The molecule has 5 rings (SSSR count). The number of rotatable bonds is 6. The molecule has 1 aromatic carbocycles. The number of carbonyl (C=O) groups excluding carboxylic acids is 2. The van der Waals surface area contributed by atoms with Crippen LogP contribution in [-0.4, -0.2) is 45.8 Å². The number of hydrogen-bond donors (Lipinski definition) is 2. The van der Waals surface area contributed by atoms with Crippen LogP contribution in [0.2, 0.25) is 0 Å². The zero-order valence-electron chi connectivity index (χ0n) is 19.8. The van der Waals surface area contributed by atoms with E-state index in [1.165, 1.54) is 0 Å². The lowest BCUT2D eigenvalue weighted by molar-refractivity contribution is -0.136. The normalized spacial score (nSPS) is 24.0. The molecule has 9 heteroatoms. The molecule has 1 fully saturated rings. The minimum Gasteiger partial charge on any atom is -0.454 e. The molecule has 4 heterocycles. The summed E-state index contributed by atoms with van der Waals surface area (Å²) in [6.45, 7) is 4.04. The molecule has 4 atom stereocenters. The first-order valence-electron chi connectivity index (χ1n) is 11.9. The molecule has 3 aliphatic rings. The number of aromatic nitrogens is 1. The molecule has 0 spiro atoms. The van der Waals surface area contributed by atoms with Gasteiger partial charge in [-0.3, -0.25) is 14.4 Å². The van der Waals surface area contributed by atoms with Crippen LogP contribution < -0.4 is 20.3 Å². The first-order valence-corrected chi connectivity index (χ1v) is 11.9. The lowest BCUT2D eigenvalue weighted by atomic mass is 9.86. The number of fused-ring (bicyclic) bond motifs is 5. The van der Waals surface area contributed by atoms with Crippen molar-refractivity contribution in [1.82, 2.24) is 14.8 Å². The third-order valence-electron chi connectivity index (χ3n) is 7.22. The molecule has 1 aromatic heterocycles. The maximum atomic E-state index is 13.6. The number of allylic oxidation sites excluding steroid dienone is 1. The summed E-state index contributed by atoms with van der Waals surface area (Å²) >= 11 is 0. The van der Waals surface area contributed by atoms with Gasteiger partial charge in [-0.1, -0.05) is 25.1 Å². The fourth-order valence-electron chi connectivity index (χ4n) is 5.61. The Hall–Kier alpha value is -3.59. The Labute approximate surface area is 203 Å². The van der Waals surface area contributed by atoms with E-state index in [0.717, 1.165) is 5.56 Å². The number of pyridine rings is 1. The van der Waals surface area contributed by atoms with Crippen molar-refractivity contribution in [2.45, 2.75) is 45.4 Å².